The molecular weight excluding hydrogens is 168 g/mol. The molecule has 0 bridgehead atoms. The van der Waals surface area contributed by atoms with Crippen LogP contribution >= 0.6 is 15.9 Å². The molecule has 0 radical (unpaired) electrons. The first-order chi connectivity index (χ1) is 3.89. The molecule has 0 aromatic carbocycles. The van der Waals surface area contributed by atoms with Crippen molar-refractivity contribution in [2.24, 2.45) is 5.92 Å². The molecule has 1 aliphatic carbocycles. The van der Waals surface area contributed by atoms with Crippen LogP contribution < -0.4 is 0 Å². The zero-order valence-corrected chi connectivity index (χ0v) is 6.23. The van der Waals surface area contributed by atoms with Crippen molar-refractivity contribution in [3.8, 4) is 0 Å². The third kappa shape index (κ3) is 0.627. The Labute approximate surface area is 57.5 Å². The lowest BCUT2D eigenvalue weighted by Crippen LogP contribution is -2.05. The van der Waals surface area contributed by atoms with Crippen molar-refractivity contribution >= 4 is 15.9 Å². The predicted octanol–water partition coefficient (Wildman–Crippen LogP) is 1.56. The van der Waals surface area contributed by atoms with Gasteiger partial charge in [0.1, 0.15) is 0 Å². The molecule has 46 valence electrons. The van der Waals surface area contributed by atoms with Crippen LogP contribution in [-0.4, -0.2) is 17.5 Å². The van der Waals surface area contributed by atoms with E-state index in [0.717, 1.165) is 12.5 Å². The highest BCUT2D eigenvalue weighted by Crippen LogP contribution is 2.46. The summed E-state index contributed by atoms with van der Waals surface area (Å²) < 4.78 is 5.42. The van der Waals surface area contributed by atoms with Crippen LogP contribution in [0.3, 0.4) is 0 Å². The van der Waals surface area contributed by atoms with E-state index in [4.69, 9.17) is 4.74 Å². The van der Waals surface area contributed by atoms with Crippen molar-refractivity contribution in [3.63, 3.8) is 0 Å². The van der Waals surface area contributed by atoms with Gasteiger partial charge in [-0.05, 0) is 12.8 Å². The molecule has 1 nitrogen and oxygen atoms in total. The van der Waals surface area contributed by atoms with Gasteiger partial charge in [-0.1, -0.05) is 15.9 Å². The summed E-state index contributed by atoms with van der Waals surface area (Å²) in [5, 5.41) is 0. The largest absolute Gasteiger partial charge is 0.377 e. The van der Waals surface area contributed by atoms with E-state index < -0.39 is 0 Å². The van der Waals surface area contributed by atoms with E-state index in [2.05, 4.69) is 15.9 Å². The minimum Gasteiger partial charge on any atom is -0.377 e. The monoisotopic (exact) mass is 176 g/mol. The van der Waals surface area contributed by atoms with Gasteiger partial charge in [0, 0.05) is 17.4 Å². The summed E-state index contributed by atoms with van der Waals surface area (Å²) in [6.07, 6.45) is 3.23. The number of rotatable bonds is 0. The number of ether oxygens (including phenoxy) is 1. The molecule has 1 heterocycles. The molecule has 0 amide bonds. The van der Waals surface area contributed by atoms with Crippen LogP contribution in [0.2, 0.25) is 0 Å². The fourth-order valence-electron chi connectivity index (χ4n) is 1.38. The third-order valence-electron chi connectivity index (χ3n) is 2.00. The van der Waals surface area contributed by atoms with E-state index in [0.29, 0.717) is 10.9 Å². The topological polar surface area (TPSA) is 9.23 Å². The third-order valence-corrected chi connectivity index (χ3v) is 3.20. The van der Waals surface area contributed by atoms with Gasteiger partial charge >= 0.3 is 0 Å². The summed E-state index contributed by atoms with van der Waals surface area (Å²) >= 11 is 3.55. The van der Waals surface area contributed by atoms with Crippen molar-refractivity contribution in [1.29, 1.82) is 0 Å². The summed E-state index contributed by atoms with van der Waals surface area (Å²) in [7, 11) is 0. The second kappa shape index (κ2) is 1.71. The minimum absolute atomic E-state index is 0.587. The van der Waals surface area contributed by atoms with Crippen molar-refractivity contribution in [3.05, 3.63) is 0 Å². The molecule has 0 unspecified atom stereocenters. The van der Waals surface area contributed by atoms with E-state index in [9.17, 15) is 0 Å². The highest BCUT2D eigenvalue weighted by atomic mass is 79.9. The summed E-state index contributed by atoms with van der Waals surface area (Å²) in [5.74, 6) is 0.865. The molecule has 0 aromatic heterocycles. The molecule has 2 rings (SSSR count). The zero-order chi connectivity index (χ0) is 5.56. The second-order valence-electron chi connectivity index (χ2n) is 2.59. The van der Waals surface area contributed by atoms with E-state index in [1.165, 1.54) is 12.8 Å². The van der Waals surface area contributed by atoms with Crippen LogP contribution in [0.25, 0.3) is 0 Å². The quantitative estimate of drug-likeness (QED) is 0.510. The molecule has 2 heteroatoms. The Hall–Kier alpha value is 0.440. The van der Waals surface area contributed by atoms with Crippen LogP contribution in [0.15, 0.2) is 0 Å². The van der Waals surface area contributed by atoms with Gasteiger partial charge in [0.15, 0.2) is 0 Å². The average Bonchev–Trinajstić information content (AvgIpc) is 2.46. The Bertz CT molecular complexity index is 92.7. The van der Waals surface area contributed by atoms with Crippen LogP contribution in [-0.2, 0) is 4.74 Å². The van der Waals surface area contributed by atoms with Crippen molar-refractivity contribution < 1.29 is 4.74 Å². The number of hydrogen-bond donors (Lipinski definition) is 0. The average molecular weight is 177 g/mol. The first-order valence-corrected chi connectivity index (χ1v) is 4.07. The van der Waals surface area contributed by atoms with Crippen molar-refractivity contribution in [2.75, 3.05) is 6.61 Å². The first-order valence-electron chi connectivity index (χ1n) is 3.15. The maximum atomic E-state index is 5.42. The van der Waals surface area contributed by atoms with Gasteiger partial charge in [0.25, 0.3) is 0 Å². The minimum atomic E-state index is 0.587. The maximum Gasteiger partial charge on any atom is 0.0743 e. The Morgan fingerprint density at radius 2 is 2.38 bits per heavy atom. The summed E-state index contributed by atoms with van der Waals surface area (Å²) in [4.78, 5) is 0.699. The van der Waals surface area contributed by atoms with Gasteiger partial charge in [0.05, 0.1) is 6.10 Å². The summed E-state index contributed by atoms with van der Waals surface area (Å²) in [6, 6.07) is 0. The van der Waals surface area contributed by atoms with E-state index in [-0.39, 0.29) is 0 Å². The Morgan fingerprint density at radius 1 is 1.50 bits per heavy atom. The highest BCUT2D eigenvalue weighted by Gasteiger charge is 2.50. The Kier molecular flexibility index (Phi) is 1.12. The Balaban J connectivity index is 1.97. The normalized spacial score (nSPS) is 52.9. The van der Waals surface area contributed by atoms with Gasteiger partial charge < -0.3 is 4.74 Å². The molecule has 3 atom stereocenters. The van der Waals surface area contributed by atoms with E-state index >= 15 is 0 Å². The standard InChI is InChI=1S/C6H9BrO/c7-5-4-2-1-3-8-6(4)5/h4-6H,1-3H2/t4-,5+,6-/m0/s1. The smallest absolute Gasteiger partial charge is 0.0743 e. The molecule has 1 aliphatic heterocycles. The van der Waals surface area contributed by atoms with E-state index in [1.807, 2.05) is 0 Å². The molecule has 2 fully saturated rings. The number of hydrogen-bond acceptors (Lipinski definition) is 1. The lowest BCUT2D eigenvalue weighted by molar-refractivity contribution is 0.0804. The Morgan fingerprint density at radius 3 is 2.88 bits per heavy atom. The van der Waals surface area contributed by atoms with Gasteiger partial charge in [-0.15, -0.1) is 0 Å². The molecule has 8 heavy (non-hydrogen) atoms. The molecule has 0 spiro atoms. The van der Waals surface area contributed by atoms with Crippen LogP contribution in [0, 0.1) is 5.92 Å². The maximum absolute atomic E-state index is 5.42. The summed E-state index contributed by atoms with van der Waals surface area (Å²) in [5.41, 5.74) is 0. The SMILES string of the molecule is Br[C@@H]1[C@@H]2CCCO[C@H]12. The predicted molar refractivity (Wildman–Crippen MR) is 35.2 cm³/mol. The number of fused-ring (bicyclic) bond motifs is 1. The van der Waals surface area contributed by atoms with Gasteiger partial charge in [0.2, 0.25) is 0 Å². The second-order valence-corrected chi connectivity index (χ2v) is 3.64. The number of halogens is 1. The molecule has 0 aromatic rings. The van der Waals surface area contributed by atoms with Crippen LogP contribution in [0.1, 0.15) is 12.8 Å². The van der Waals surface area contributed by atoms with Crippen LogP contribution in [0.5, 0.6) is 0 Å². The molecular formula is C6H9BrO. The lowest BCUT2D eigenvalue weighted by atomic mass is 10.2. The van der Waals surface area contributed by atoms with Crippen molar-refractivity contribution in [2.45, 2.75) is 23.8 Å². The number of alkyl halides is 1. The first kappa shape index (κ1) is 5.24. The fourth-order valence-corrected chi connectivity index (χ4v) is 2.31. The van der Waals surface area contributed by atoms with Gasteiger partial charge in [-0.25, -0.2) is 0 Å². The van der Waals surface area contributed by atoms with Gasteiger partial charge in [-0.3, -0.25) is 0 Å². The van der Waals surface area contributed by atoms with E-state index in [1.54, 1.807) is 0 Å². The molecule has 2 aliphatic rings. The lowest BCUT2D eigenvalue weighted by Gasteiger charge is -2.07. The van der Waals surface area contributed by atoms with Crippen LogP contribution in [0.4, 0.5) is 0 Å². The zero-order valence-electron chi connectivity index (χ0n) is 4.64. The molecule has 1 saturated heterocycles. The molecule has 1 saturated carbocycles. The summed E-state index contributed by atoms with van der Waals surface area (Å²) in [6.45, 7) is 0.989. The van der Waals surface area contributed by atoms with Gasteiger partial charge in [-0.2, -0.15) is 0 Å². The molecule has 0 N–H and O–H groups in total. The van der Waals surface area contributed by atoms with Crippen molar-refractivity contribution in [1.82, 2.24) is 0 Å². The highest BCUT2D eigenvalue weighted by molar-refractivity contribution is 9.09. The fraction of sp³-hybridized carbons (Fsp3) is 1.00.